The second-order valence-electron chi connectivity index (χ2n) is 7.35. The molecule has 0 bridgehead atoms. The lowest BCUT2D eigenvalue weighted by molar-refractivity contribution is 0.214. The predicted molar refractivity (Wildman–Crippen MR) is 107 cm³/mol. The molecule has 1 atom stereocenters. The minimum atomic E-state index is -0.502. The lowest BCUT2D eigenvalue weighted by atomic mass is 9.87. The molecule has 2 aromatic rings. The number of amides is 2. The highest BCUT2D eigenvalue weighted by molar-refractivity contribution is 7.99. The van der Waals surface area contributed by atoms with E-state index in [1.165, 1.54) is 23.8 Å². The van der Waals surface area contributed by atoms with E-state index in [1.807, 2.05) is 0 Å². The van der Waals surface area contributed by atoms with Gasteiger partial charge in [0, 0.05) is 18.0 Å². The molecule has 1 fully saturated rings. The van der Waals surface area contributed by atoms with Crippen molar-refractivity contribution < 1.29 is 9.18 Å². The average molecular weight is 393 g/mol. The third-order valence-electron chi connectivity index (χ3n) is 4.38. The van der Waals surface area contributed by atoms with Gasteiger partial charge >= 0.3 is 6.03 Å². The van der Waals surface area contributed by atoms with E-state index in [1.54, 1.807) is 16.7 Å². The van der Waals surface area contributed by atoms with Crippen LogP contribution in [0.5, 0.6) is 0 Å². The summed E-state index contributed by atoms with van der Waals surface area (Å²) in [5, 5.41) is 2.78. The number of hydrogen-bond donors (Lipinski definition) is 1. The summed E-state index contributed by atoms with van der Waals surface area (Å²) in [6.07, 6.45) is 0. The normalized spacial score (nSPS) is 17.4. The minimum absolute atomic E-state index is 0.00656. The molecule has 3 nitrogen and oxygen atoms in total. The zero-order chi connectivity index (χ0) is 18.9. The van der Waals surface area contributed by atoms with Crippen LogP contribution in [0.1, 0.15) is 37.3 Å². The van der Waals surface area contributed by atoms with E-state index < -0.39 is 5.82 Å². The molecule has 1 saturated heterocycles. The second-order valence-corrected chi connectivity index (χ2v) is 8.94. The van der Waals surface area contributed by atoms with Gasteiger partial charge in [-0.2, -0.15) is 0 Å². The van der Waals surface area contributed by atoms with E-state index in [9.17, 15) is 9.18 Å². The number of nitrogens with one attached hydrogen (secondary N) is 1. The summed E-state index contributed by atoms with van der Waals surface area (Å²) in [6.45, 7) is 7.21. The first-order valence-corrected chi connectivity index (χ1v) is 9.93. The van der Waals surface area contributed by atoms with Gasteiger partial charge in [-0.3, -0.25) is 0 Å². The molecule has 0 saturated carbocycles. The molecule has 1 aliphatic heterocycles. The minimum Gasteiger partial charge on any atom is -0.308 e. The Bertz CT molecular complexity index is 804. The molecule has 0 aliphatic carbocycles. The molecule has 6 heteroatoms. The highest BCUT2D eigenvalue weighted by Gasteiger charge is 2.31. The van der Waals surface area contributed by atoms with Gasteiger partial charge in [0.2, 0.25) is 0 Å². The Morgan fingerprint density at radius 2 is 1.92 bits per heavy atom. The number of anilines is 1. The first-order chi connectivity index (χ1) is 12.3. The molecule has 3 rings (SSSR count). The monoisotopic (exact) mass is 392 g/mol. The van der Waals surface area contributed by atoms with Crippen molar-refractivity contribution >= 4 is 35.1 Å². The fourth-order valence-electron chi connectivity index (χ4n) is 2.87. The van der Waals surface area contributed by atoms with E-state index in [4.69, 9.17) is 11.6 Å². The molecule has 2 amide bonds. The van der Waals surface area contributed by atoms with Crippen molar-refractivity contribution in [2.75, 3.05) is 17.6 Å². The first-order valence-electron chi connectivity index (χ1n) is 8.50. The SMILES string of the molecule is CC(C)(C)c1ccc(C2SCCN2C(=O)Nc2ccc(F)c(Cl)c2)cc1. The van der Waals surface area contributed by atoms with Crippen LogP contribution in [0.4, 0.5) is 14.9 Å². The number of rotatable bonds is 2. The van der Waals surface area contributed by atoms with E-state index in [0.29, 0.717) is 12.2 Å². The number of halogens is 2. The summed E-state index contributed by atoms with van der Waals surface area (Å²) < 4.78 is 13.3. The third-order valence-corrected chi connectivity index (χ3v) is 5.93. The molecule has 1 unspecified atom stereocenters. The Hall–Kier alpha value is -1.72. The quantitative estimate of drug-likeness (QED) is 0.674. The summed E-state index contributed by atoms with van der Waals surface area (Å²) in [5.41, 5.74) is 2.95. The van der Waals surface area contributed by atoms with Crippen LogP contribution in [0.2, 0.25) is 5.02 Å². The lowest BCUT2D eigenvalue weighted by Gasteiger charge is -2.25. The maximum atomic E-state index is 13.3. The standard InChI is InChI=1S/C20H22ClFN2OS/c1-20(2,3)14-6-4-13(5-7-14)18-24(10-11-26-18)19(25)23-15-8-9-17(22)16(21)12-15/h4-9,12,18H,10-11H2,1-3H3,(H,23,25). The Labute approximate surface area is 162 Å². The maximum absolute atomic E-state index is 13.3. The molecular formula is C20H22ClFN2OS. The van der Waals surface area contributed by atoms with Gasteiger partial charge < -0.3 is 10.2 Å². The Kier molecular flexibility index (Phi) is 5.49. The van der Waals surface area contributed by atoms with Crippen molar-refractivity contribution in [3.8, 4) is 0 Å². The Balaban J connectivity index is 1.75. The van der Waals surface area contributed by atoms with E-state index >= 15 is 0 Å². The highest BCUT2D eigenvalue weighted by Crippen LogP contribution is 2.39. The number of hydrogen-bond acceptors (Lipinski definition) is 2. The van der Waals surface area contributed by atoms with Crippen LogP contribution in [0.25, 0.3) is 0 Å². The summed E-state index contributed by atoms with van der Waals surface area (Å²) >= 11 is 7.53. The molecule has 1 aliphatic rings. The second kappa shape index (κ2) is 7.49. The number of benzene rings is 2. The van der Waals surface area contributed by atoms with Crippen LogP contribution >= 0.6 is 23.4 Å². The van der Waals surface area contributed by atoms with Crippen LogP contribution in [-0.4, -0.2) is 23.2 Å². The van der Waals surface area contributed by atoms with Gasteiger partial charge in [0.25, 0.3) is 0 Å². The molecule has 138 valence electrons. The van der Waals surface area contributed by atoms with Crippen molar-refractivity contribution in [1.29, 1.82) is 0 Å². The van der Waals surface area contributed by atoms with Crippen molar-refractivity contribution in [3.63, 3.8) is 0 Å². The third kappa shape index (κ3) is 4.15. The van der Waals surface area contributed by atoms with Crippen molar-refractivity contribution in [2.45, 2.75) is 31.6 Å². The van der Waals surface area contributed by atoms with Gasteiger partial charge in [-0.25, -0.2) is 9.18 Å². The van der Waals surface area contributed by atoms with Gasteiger partial charge in [0.15, 0.2) is 0 Å². The zero-order valence-electron chi connectivity index (χ0n) is 15.1. The van der Waals surface area contributed by atoms with E-state index in [0.717, 1.165) is 11.3 Å². The average Bonchev–Trinajstić information content (AvgIpc) is 3.07. The van der Waals surface area contributed by atoms with Gasteiger partial charge in [0.1, 0.15) is 11.2 Å². The first kappa shape index (κ1) is 19.1. The molecule has 1 N–H and O–H groups in total. The topological polar surface area (TPSA) is 32.3 Å². The highest BCUT2D eigenvalue weighted by atomic mass is 35.5. The molecule has 0 aromatic heterocycles. The fourth-order valence-corrected chi connectivity index (χ4v) is 4.31. The molecule has 1 heterocycles. The zero-order valence-corrected chi connectivity index (χ0v) is 16.6. The van der Waals surface area contributed by atoms with Gasteiger partial charge in [-0.05, 0) is 34.7 Å². The summed E-state index contributed by atoms with van der Waals surface area (Å²) in [6, 6.07) is 12.4. The van der Waals surface area contributed by atoms with Crippen molar-refractivity contribution in [3.05, 3.63) is 64.4 Å². The van der Waals surface area contributed by atoms with Crippen LogP contribution in [0.3, 0.4) is 0 Å². The fraction of sp³-hybridized carbons (Fsp3) is 0.350. The van der Waals surface area contributed by atoms with E-state index in [-0.39, 0.29) is 21.8 Å². The lowest BCUT2D eigenvalue weighted by Crippen LogP contribution is -2.34. The Morgan fingerprint density at radius 1 is 1.23 bits per heavy atom. The summed E-state index contributed by atoms with van der Waals surface area (Å²) in [4.78, 5) is 14.5. The van der Waals surface area contributed by atoms with Gasteiger partial charge in [-0.1, -0.05) is 56.6 Å². The number of carbonyl (C=O) groups excluding carboxylic acids is 1. The smallest absolute Gasteiger partial charge is 0.308 e. The van der Waals surface area contributed by atoms with Crippen LogP contribution in [0, 0.1) is 5.82 Å². The van der Waals surface area contributed by atoms with Crippen LogP contribution < -0.4 is 5.32 Å². The van der Waals surface area contributed by atoms with Crippen LogP contribution in [-0.2, 0) is 5.41 Å². The number of nitrogens with zero attached hydrogens (tertiary/aromatic N) is 1. The number of thioether (sulfide) groups is 1. The summed E-state index contributed by atoms with van der Waals surface area (Å²) in [5.74, 6) is 0.377. The van der Waals surface area contributed by atoms with Crippen LogP contribution in [0.15, 0.2) is 42.5 Å². The molecule has 0 radical (unpaired) electrons. The number of carbonyl (C=O) groups is 1. The largest absolute Gasteiger partial charge is 0.323 e. The molecule has 2 aromatic carbocycles. The Morgan fingerprint density at radius 3 is 2.54 bits per heavy atom. The predicted octanol–water partition coefficient (Wildman–Crippen LogP) is 6.06. The molecule has 0 spiro atoms. The summed E-state index contributed by atoms with van der Waals surface area (Å²) in [7, 11) is 0. The maximum Gasteiger partial charge on any atom is 0.323 e. The van der Waals surface area contributed by atoms with Crippen molar-refractivity contribution in [1.82, 2.24) is 4.90 Å². The molecule has 26 heavy (non-hydrogen) atoms. The van der Waals surface area contributed by atoms with Gasteiger partial charge in [-0.15, -0.1) is 11.8 Å². The molecular weight excluding hydrogens is 371 g/mol. The van der Waals surface area contributed by atoms with Gasteiger partial charge in [0.05, 0.1) is 5.02 Å². The van der Waals surface area contributed by atoms with Crippen molar-refractivity contribution in [2.24, 2.45) is 0 Å². The van der Waals surface area contributed by atoms with E-state index in [2.05, 4.69) is 50.4 Å². The number of urea groups is 1.